The van der Waals surface area contributed by atoms with Crippen molar-refractivity contribution in [1.29, 1.82) is 0 Å². The van der Waals surface area contributed by atoms with E-state index in [1.807, 2.05) is 23.1 Å². The van der Waals surface area contributed by atoms with Crippen LogP contribution < -0.4 is 9.80 Å². The van der Waals surface area contributed by atoms with Gasteiger partial charge in [0, 0.05) is 55.5 Å². The van der Waals surface area contributed by atoms with Crippen molar-refractivity contribution in [3.05, 3.63) is 58.6 Å². The average Bonchev–Trinajstić information content (AvgIpc) is 2.76. The maximum absolute atomic E-state index is 13.4. The number of amides is 1. The molecule has 2 aliphatic heterocycles. The predicted molar refractivity (Wildman–Crippen MR) is 132 cm³/mol. The van der Waals surface area contributed by atoms with Crippen LogP contribution in [0.5, 0.6) is 0 Å². The Labute approximate surface area is 196 Å². The molecule has 2 saturated heterocycles. The SMILES string of the molecule is CN1CCN(c2cc(Cl)ccc2CC2OCCN(c3ccc(C(C)(C)C)cc3)C2=O)CC1. The zero-order valence-electron chi connectivity index (χ0n) is 19.6. The Morgan fingerprint density at radius 2 is 1.69 bits per heavy atom. The van der Waals surface area contributed by atoms with E-state index in [1.165, 1.54) is 5.56 Å². The third-order valence-corrected chi connectivity index (χ3v) is 6.75. The largest absolute Gasteiger partial charge is 0.369 e. The highest BCUT2D eigenvalue weighted by Gasteiger charge is 2.32. The van der Waals surface area contributed by atoms with Gasteiger partial charge in [-0.15, -0.1) is 0 Å². The van der Waals surface area contributed by atoms with Crippen LogP contribution in [0.1, 0.15) is 31.9 Å². The molecule has 2 aromatic carbocycles. The molecule has 5 nitrogen and oxygen atoms in total. The highest BCUT2D eigenvalue weighted by Crippen LogP contribution is 2.30. The number of carbonyl (C=O) groups excluding carboxylic acids is 1. The molecule has 1 amide bonds. The monoisotopic (exact) mass is 455 g/mol. The van der Waals surface area contributed by atoms with Crippen molar-refractivity contribution >= 4 is 28.9 Å². The summed E-state index contributed by atoms with van der Waals surface area (Å²) in [6.45, 7) is 11.6. The van der Waals surface area contributed by atoms with Crippen molar-refractivity contribution in [2.45, 2.75) is 38.7 Å². The van der Waals surface area contributed by atoms with Gasteiger partial charge in [-0.25, -0.2) is 0 Å². The zero-order valence-corrected chi connectivity index (χ0v) is 20.4. The van der Waals surface area contributed by atoms with E-state index in [2.05, 4.69) is 61.9 Å². The summed E-state index contributed by atoms with van der Waals surface area (Å²) in [5.41, 5.74) is 4.52. The minimum atomic E-state index is -0.488. The van der Waals surface area contributed by atoms with Gasteiger partial charge in [0.05, 0.1) is 6.61 Å². The van der Waals surface area contributed by atoms with Gasteiger partial charge in [-0.3, -0.25) is 4.79 Å². The first-order valence-electron chi connectivity index (χ1n) is 11.5. The standard InChI is InChI=1S/C26H34ClN3O2/c1-26(2,3)20-6-9-22(10-7-20)30-15-16-32-24(25(30)31)17-19-5-8-21(27)18-23(19)29-13-11-28(4)12-14-29/h5-10,18,24H,11-17H2,1-4H3. The summed E-state index contributed by atoms with van der Waals surface area (Å²) in [7, 11) is 2.15. The van der Waals surface area contributed by atoms with Gasteiger partial charge >= 0.3 is 0 Å². The van der Waals surface area contributed by atoms with E-state index in [4.69, 9.17) is 16.3 Å². The van der Waals surface area contributed by atoms with Crippen molar-refractivity contribution in [2.24, 2.45) is 0 Å². The van der Waals surface area contributed by atoms with Gasteiger partial charge in [-0.05, 0) is 47.9 Å². The number of piperazine rings is 1. The molecule has 172 valence electrons. The minimum absolute atomic E-state index is 0.0269. The van der Waals surface area contributed by atoms with E-state index in [1.54, 1.807) is 0 Å². The van der Waals surface area contributed by atoms with Crippen molar-refractivity contribution < 1.29 is 9.53 Å². The summed E-state index contributed by atoms with van der Waals surface area (Å²) in [5.74, 6) is 0.0269. The van der Waals surface area contributed by atoms with Crippen LogP contribution in [0.3, 0.4) is 0 Å². The highest BCUT2D eigenvalue weighted by molar-refractivity contribution is 6.30. The Hall–Kier alpha value is -2.08. The van der Waals surface area contributed by atoms with E-state index < -0.39 is 6.10 Å². The third kappa shape index (κ3) is 5.11. The van der Waals surface area contributed by atoms with E-state index in [-0.39, 0.29) is 11.3 Å². The van der Waals surface area contributed by atoms with Crippen molar-refractivity contribution in [2.75, 3.05) is 56.2 Å². The molecule has 32 heavy (non-hydrogen) atoms. The van der Waals surface area contributed by atoms with Crippen LogP contribution in [0.4, 0.5) is 11.4 Å². The van der Waals surface area contributed by atoms with Crippen LogP contribution in [0, 0.1) is 0 Å². The number of morpholine rings is 1. The summed E-state index contributed by atoms with van der Waals surface area (Å²) in [5, 5.41) is 0.721. The van der Waals surface area contributed by atoms with E-state index in [0.29, 0.717) is 19.6 Å². The second kappa shape index (κ2) is 9.42. The number of ether oxygens (including phenoxy) is 1. The van der Waals surface area contributed by atoms with Gasteiger partial charge in [0.15, 0.2) is 0 Å². The van der Waals surface area contributed by atoms with Gasteiger partial charge in [0.2, 0.25) is 0 Å². The Bertz CT molecular complexity index is 947. The second-order valence-electron chi connectivity index (χ2n) is 9.91. The molecule has 0 aromatic heterocycles. The number of likely N-dealkylation sites (N-methyl/N-ethyl adjacent to an activating group) is 1. The summed E-state index contributed by atoms with van der Waals surface area (Å²) in [6.07, 6.45) is 0.0623. The first kappa shape index (κ1) is 23.1. The van der Waals surface area contributed by atoms with Crippen LogP contribution in [0.2, 0.25) is 5.02 Å². The number of rotatable bonds is 4. The Balaban J connectivity index is 1.52. The number of carbonyl (C=O) groups is 1. The Kier molecular flexibility index (Phi) is 6.80. The van der Waals surface area contributed by atoms with Gasteiger partial charge in [-0.1, -0.05) is 50.6 Å². The second-order valence-corrected chi connectivity index (χ2v) is 10.4. The quantitative estimate of drug-likeness (QED) is 0.686. The maximum Gasteiger partial charge on any atom is 0.256 e. The zero-order chi connectivity index (χ0) is 22.9. The number of hydrogen-bond acceptors (Lipinski definition) is 4. The normalized spacial score (nSPS) is 20.7. The van der Waals surface area contributed by atoms with Crippen LogP contribution in [0.25, 0.3) is 0 Å². The van der Waals surface area contributed by atoms with Crippen LogP contribution >= 0.6 is 11.6 Å². The molecule has 0 spiro atoms. The number of nitrogens with zero attached hydrogens (tertiary/aromatic N) is 3. The summed E-state index contributed by atoms with van der Waals surface area (Å²) in [6, 6.07) is 14.3. The van der Waals surface area contributed by atoms with Crippen molar-refractivity contribution in [1.82, 2.24) is 4.90 Å². The molecule has 0 saturated carbocycles. The topological polar surface area (TPSA) is 36.0 Å². The van der Waals surface area contributed by atoms with Gasteiger partial charge in [0.1, 0.15) is 6.10 Å². The lowest BCUT2D eigenvalue weighted by molar-refractivity contribution is -0.133. The fraction of sp³-hybridized carbons (Fsp3) is 0.500. The first-order chi connectivity index (χ1) is 15.2. The highest BCUT2D eigenvalue weighted by atomic mass is 35.5. The molecule has 6 heteroatoms. The number of benzene rings is 2. The number of anilines is 2. The molecule has 0 radical (unpaired) electrons. The smallest absolute Gasteiger partial charge is 0.256 e. The Morgan fingerprint density at radius 1 is 1.00 bits per heavy atom. The molecular weight excluding hydrogens is 422 g/mol. The van der Waals surface area contributed by atoms with Crippen molar-refractivity contribution in [3.63, 3.8) is 0 Å². The summed E-state index contributed by atoms with van der Waals surface area (Å²) in [4.78, 5) is 19.9. The molecule has 0 N–H and O–H groups in total. The fourth-order valence-electron chi connectivity index (χ4n) is 4.44. The van der Waals surface area contributed by atoms with Crippen LogP contribution in [0.15, 0.2) is 42.5 Å². The Morgan fingerprint density at radius 3 is 2.34 bits per heavy atom. The number of hydrogen-bond donors (Lipinski definition) is 0. The predicted octanol–water partition coefficient (Wildman–Crippen LogP) is 4.36. The summed E-state index contributed by atoms with van der Waals surface area (Å²) < 4.78 is 5.96. The molecule has 4 rings (SSSR count). The van der Waals surface area contributed by atoms with Crippen LogP contribution in [-0.2, 0) is 21.4 Å². The fourth-order valence-corrected chi connectivity index (χ4v) is 4.60. The van der Waals surface area contributed by atoms with Gasteiger partial charge in [-0.2, -0.15) is 0 Å². The molecule has 2 heterocycles. The molecule has 0 aliphatic carbocycles. The van der Waals surface area contributed by atoms with E-state index in [0.717, 1.165) is 48.1 Å². The molecule has 1 atom stereocenters. The molecule has 1 unspecified atom stereocenters. The third-order valence-electron chi connectivity index (χ3n) is 6.52. The van der Waals surface area contributed by atoms with Gasteiger partial charge in [0.25, 0.3) is 5.91 Å². The van der Waals surface area contributed by atoms with Gasteiger partial charge < -0.3 is 19.4 Å². The first-order valence-corrected chi connectivity index (χ1v) is 11.9. The molecule has 2 aromatic rings. The van der Waals surface area contributed by atoms with Crippen LogP contribution in [-0.4, -0.2) is 63.3 Å². The summed E-state index contributed by atoms with van der Waals surface area (Å²) >= 11 is 6.34. The molecular formula is C26H34ClN3O2. The van der Waals surface area contributed by atoms with Crippen molar-refractivity contribution in [3.8, 4) is 0 Å². The maximum atomic E-state index is 13.4. The molecule has 0 bridgehead atoms. The molecule has 2 aliphatic rings. The average molecular weight is 456 g/mol. The molecule has 2 fully saturated rings. The van der Waals surface area contributed by atoms with E-state index >= 15 is 0 Å². The lowest BCUT2D eigenvalue weighted by atomic mass is 9.87. The lowest BCUT2D eigenvalue weighted by Crippen LogP contribution is -2.49. The minimum Gasteiger partial charge on any atom is -0.369 e. The number of halogens is 1. The lowest BCUT2D eigenvalue weighted by Gasteiger charge is -2.36. The van der Waals surface area contributed by atoms with E-state index in [9.17, 15) is 4.79 Å².